The Morgan fingerprint density at radius 3 is 3.00 bits per heavy atom. The van der Waals surface area contributed by atoms with Crippen molar-refractivity contribution in [1.82, 2.24) is 0 Å². The quantitative estimate of drug-likeness (QED) is 0.583. The van der Waals surface area contributed by atoms with Gasteiger partial charge in [0.2, 0.25) is 0 Å². The maximum absolute atomic E-state index is 11.5. The molecule has 0 radical (unpaired) electrons. The number of hydrogen-bond acceptors (Lipinski definition) is 4. The van der Waals surface area contributed by atoms with E-state index in [9.17, 15) is 9.59 Å². The molecule has 4 atom stereocenters. The van der Waals surface area contributed by atoms with Crippen molar-refractivity contribution in [2.45, 2.75) is 32.0 Å². The summed E-state index contributed by atoms with van der Waals surface area (Å²) in [5, 5.41) is 0. The Labute approximate surface area is 81.6 Å². The lowest BCUT2D eigenvalue weighted by Crippen LogP contribution is -2.38. The zero-order valence-corrected chi connectivity index (χ0v) is 7.99. The molecule has 2 bridgehead atoms. The lowest BCUT2D eigenvalue weighted by Gasteiger charge is -2.29. The van der Waals surface area contributed by atoms with E-state index in [0.29, 0.717) is 12.3 Å². The van der Waals surface area contributed by atoms with E-state index in [0.717, 1.165) is 12.8 Å². The molecule has 3 aliphatic rings. The van der Waals surface area contributed by atoms with Crippen LogP contribution in [0.2, 0.25) is 0 Å². The minimum atomic E-state index is -0.878. The van der Waals surface area contributed by atoms with Crippen LogP contribution in [0, 0.1) is 17.8 Å². The Kier molecular flexibility index (Phi) is 1.36. The van der Waals surface area contributed by atoms with Crippen LogP contribution in [0.1, 0.15) is 26.2 Å². The third-order valence-corrected chi connectivity index (χ3v) is 3.69. The van der Waals surface area contributed by atoms with E-state index in [1.54, 1.807) is 0 Å². The fraction of sp³-hybridized carbons (Fsp3) is 0.800. The first-order chi connectivity index (χ1) is 6.61. The molecule has 4 unspecified atom stereocenters. The van der Waals surface area contributed by atoms with Gasteiger partial charge in [-0.05, 0) is 18.8 Å². The van der Waals surface area contributed by atoms with Crippen LogP contribution in [0.4, 0.5) is 0 Å². The fourth-order valence-corrected chi connectivity index (χ4v) is 3.35. The van der Waals surface area contributed by atoms with Gasteiger partial charge in [0.15, 0.2) is 0 Å². The van der Waals surface area contributed by atoms with Crippen LogP contribution < -0.4 is 0 Å². The van der Waals surface area contributed by atoms with Crippen molar-refractivity contribution >= 4 is 11.9 Å². The first-order valence-electron chi connectivity index (χ1n) is 5.03. The zero-order valence-electron chi connectivity index (χ0n) is 7.99. The molecule has 3 fully saturated rings. The molecular formula is C10H12O4. The van der Waals surface area contributed by atoms with E-state index in [4.69, 9.17) is 9.47 Å². The first-order valence-corrected chi connectivity index (χ1v) is 5.03. The van der Waals surface area contributed by atoms with E-state index in [-0.39, 0.29) is 23.8 Å². The van der Waals surface area contributed by atoms with Gasteiger partial charge in [0.25, 0.3) is 5.79 Å². The third-order valence-electron chi connectivity index (χ3n) is 3.69. The summed E-state index contributed by atoms with van der Waals surface area (Å²) in [5.74, 6) is -0.772. The molecule has 4 nitrogen and oxygen atoms in total. The van der Waals surface area contributed by atoms with Crippen LogP contribution in [-0.4, -0.2) is 17.7 Å². The highest BCUT2D eigenvalue weighted by Gasteiger charge is 2.68. The molecule has 0 amide bonds. The Morgan fingerprint density at radius 1 is 1.57 bits per heavy atom. The van der Waals surface area contributed by atoms with E-state index in [2.05, 4.69) is 0 Å². The summed E-state index contributed by atoms with van der Waals surface area (Å²) < 4.78 is 10.5. The summed E-state index contributed by atoms with van der Waals surface area (Å²) >= 11 is 0. The molecule has 1 aliphatic heterocycles. The lowest BCUT2D eigenvalue weighted by molar-refractivity contribution is -0.220. The smallest absolute Gasteiger partial charge is 0.312 e. The van der Waals surface area contributed by atoms with Gasteiger partial charge in [-0.1, -0.05) is 0 Å². The van der Waals surface area contributed by atoms with E-state index < -0.39 is 5.79 Å². The van der Waals surface area contributed by atoms with Crippen molar-refractivity contribution in [3.8, 4) is 0 Å². The molecule has 2 aliphatic carbocycles. The second-order valence-corrected chi connectivity index (χ2v) is 4.58. The van der Waals surface area contributed by atoms with Gasteiger partial charge in [-0.3, -0.25) is 9.59 Å². The molecule has 2 saturated carbocycles. The SMILES string of the molecule is CC(=O)OC12CC3CC(C(=O)O1)C2C3. The van der Waals surface area contributed by atoms with Crippen LogP contribution in [0.5, 0.6) is 0 Å². The average molecular weight is 196 g/mol. The van der Waals surface area contributed by atoms with Crippen LogP contribution in [0.3, 0.4) is 0 Å². The largest absolute Gasteiger partial charge is 0.422 e. The van der Waals surface area contributed by atoms with Gasteiger partial charge in [-0.15, -0.1) is 0 Å². The Morgan fingerprint density at radius 2 is 2.36 bits per heavy atom. The molecule has 0 aromatic rings. The molecule has 0 aromatic heterocycles. The molecule has 0 spiro atoms. The highest BCUT2D eigenvalue weighted by Crippen LogP contribution is 2.60. The van der Waals surface area contributed by atoms with Crippen LogP contribution in [-0.2, 0) is 19.1 Å². The van der Waals surface area contributed by atoms with Crippen molar-refractivity contribution < 1.29 is 19.1 Å². The highest BCUT2D eigenvalue weighted by atomic mass is 16.7. The summed E-state index contributed by atoms with van der Waals surface area (Å²) in [6.07, 6.45) is 2.61. The number of hydrogen-bond donors (Lipinski definition) is 0. The monoisotopic (exact) mass is 196 g/mol. The summed E-state index contributed by atoms with van der Waals surface area (Å²) in [6, 6.07) is 0. The number of rotatable bonds is 1. The van der Waals surface area contributed by atoms with Gasteiger partial charge in [-0.2, -0.15) is 0 Å². The van der Waals surface area contributed by atoms with Crippen LogP contribution >= 0.6 is 0 Å². The maximum Gasteiger partial charge on any atom is 0.312 e. The molecule has 76 valence electrons. The minimum absolute atomic E-state index is 0.00639. The first kappa shape index (κ1) is 8.26. The molecular weight excluding hydrogens is 184 g/mol. The lowest BCUT2D eigenvalue weighted by atomic mass is 9.87. The minimum Gasteiger partial charge on any atom is -0.422 e. The Hall–Kier alpha value is -1.06. The number of esters is 2. The van der Waals surface area contributed by atoms with Crippen molar-refractivity contribution in [3.63, 3.8) is 0 Å². The van der Waals surface area contributed by atoms with Crippen molar-refractivity contribution in [1.29, 1.82) is 0 Å². The molecule has 1 heterocycles. The molecule has 0 N–H and O–H groups in total. The second kappa shape index (κ2) is 2.30. The zero-order chi connectivity index (χ0) is 9.92. The normalized spacial score (nSPS) is 48.1. The topological polar surface area (TPSA) is 52.6 Å². The average Bonchev–Trinajstić information content (AvgIpc) is 2.60. The Balaban J connectivity index is 1.95. The molecule has 3 rings (SSSR count). The summed E-state index contributed by atoms with van der Waals surface area (Å²) in [5.41, 5.74) is 0. The van der Waals surface area contributed by atoms with Gasteiger partial charge in [-0.25, -0.2) is 0 Å². The predicted molar refractivity (Wildman–Crippen MR) is 44.9 cm³/mol. The molecule has 0 aromatic carbocycles. The fourth-order valence-electron chi connectivity index (χ4n) is 3.35. The second-order valence-electron chi connectivity index (χ2n) is 4.58. The van der Waals surface area contributed by atoms with E-state index in [1.165, 1.54) is 6.92 Å². The highest BCUT2D eigenvalue weighted by molar-refractivity contribution is 5.78. The maximum atomic E-state index is 11.5. The van der Waals surface area contributed by atoms with Crippen molar-refractivity contribution in [2.75, 3.05) is 0 Å². The molecule has 4 heteroatoms. The van der Waals surface area contributed by atoms with Crippen molar-refractivity contribution in [2.24, 2.45) is 17.8 Å². The standard InChI is InChI=1S/C10H12O4/c1-5(11)13-10-4-6-2-7(8(10)3-6)9(12)14-10/h6-8H,2-4H2,1H3. The van der Waals surface area contributed by atoms with E-state index in [1.807, 2.05) is 0 Å². The number of ether oxygens (including phenoxy) is 2. The van der Waals surface area contributed by atoms with Gasteiger partial charge in [0, 0.05) is 13.3 Å². The van der Waals surface area contributed by atoms with Crippen LogP contribution in [0.25, 0.3) is 0 Å². The Bertz CT molecular complexity index is 320. The van der Waals surface area contributed by atoms with Gasteiger partial charge < -0.3 is 9.47 Å². The third kappa shape index (κ3) is 0.837. The van der Waals surface area contributed by atoms with Gasteiger partial charge in [0.1, 0.15) is 0 Å². The van der Waals surface area contributed by atoms with E-state index >= 15 is 0 Å². The number of fused-ring (bicyclic) bond motifs is 1. The predicted octanol–water partition coefficient (Wildman–Crippen LogP) is 0.849. The van der Waals surface area contributed by atoms with Gasteiger partial charge in [0.05, 0.1) is 11.8 Å². The molecule has 1 saturated heterocycles. The number of carbonyl (C=O) groups excluding carboxylic acids is 2. The molecule has 14 heavy (non-hydrogen) atoms. The summed E-state index contributed by atoms with van der Waals surface area (Å²) in [6.45, 7) is 1.36. The summed E-state index contributed by atoms with van der Waals surface area (Å²) in [4.78, 5) is 22.4. The van der Waals surface area contributed by atoms with Crippen LogP contribution in [0.15, 0.2) is 0 Å². The number of carbonyl (C=O) groups is 2. The van der Waals surface area contributed by atoms with Gasteiger partial charge >= 0.3 is 11.9 Å². The van der Waals surface area contributed by atoms with Crippen molar-refractivity contribution in [3.05, 3.63) is 0 Å². The summed E-state index contributed by atoms with van der Waals surface area (Å²) in [7, 11) is 0.